The molecule has 2 aromatic heterocycles. The second-order valence-corrected chi connectivity index (χ2v) is 15.1. The van der Waals surface area contributed by atoms with Gasteiger partial charge in [-0.25, -0.2) is 14.8 Å². The largest absolute Gasteiger partial charge is 0.453 e. The van der Waals surface area contributed by atoms with Crippen LogP contribution in [-0.4, -0.2) is 69.6 Å². The van der Waals surface area contributed by atoms with Gasteiger partial charge in [-0.2, -0.15) is 0 Å². The summed E-state index contributed by atoms with van der Waals surface area (Å²) in [7, 11) is 1.30. The zero-order valence-corrected chi connectivity index (χ0v) is 31.8. The minimum absolute atomic E-state index is 0.103. The summed E-state index contributed by atoms with van der Waals surface area (Å²) in [6, 6.07) is 17.1. The number of H-pyrrole nitrogens is 2. The van der Waals surface area contributed by atoms with Crippen molar-refractivity contribution in [1.82, 2.24) is 35.5 Å². The molecule has 12 heteroatoms. The van der Waals surface area contributed by atoms with Gasteiger partial charge >= 0.3 is 6.09 Å². The van der Waals surface area contributed by atoms with Crippen LogP contribution in [0.4, 0.5) is 4.79 Å². The number of aromatic nitrogens is 4. The number of amides is 2. The molecule has 5 aromatic rings. The number of methoxy groups -OCH3 is 1. The number of hydrogen-bond donors (Lipinski definition) is 4. The van der Waals surface area contributed by atoms with Gasteiger partial charge in [0.25, 0.3) is 0 Å². The topological polar surface area (TPSA) is 146 Å². The van der Waals surface area contributed by atoms with Gasteiger partial charge in [-0.15, -0.1) is 0 Å². The van der Waals surface area contributed by atoms with E-state index in [0.29, 0.717) is 29.5 Å². The molecule has 1 fully saturated rings. The third kappa shape index (κ3) is 8.23. The van der Waals surface area contributed by atoms with E-state index in [1.165, 1.54) is 13.5 Å². The number of benzene rings is 3. The Morgan fingerprint density at radius 3 is 2.39 bits per heavy atom. The fraction of sp³-hybridized carbons (Fsp3) is 0.429. The lowest BCUT2D eigenvalue weighted by molar-refractivity contribution is -0.135. The number of likely N-dealkylation sites (tertiary alicyclic amines) is 1. The number of hydrogen-bond acceptors (Lipinski definition) is 8. The average molecular weight is 734 g/mol. The molecule has 4 heterocycles. The van der Waals surface area contributed by atoms with Gasteiger partial charge in [-0.1, -0.05) is 39.8 Å². The number of nitrogens with zero attached hydrogens (tertiary/aromatic N) is 3. The molecule has 4 N–H and O–H groups in total. The summed E-state index contributed by atoms with van der Waals surface area (Å²) in [5.41, 5.74) is 5.57. The van der Waals surface area contributed by atoms with Crippen LogP contribution in [0.1, 0.15) is 77.5 Å². The maximum absolute atomic E-state index is 13.6. The quantitative estimate of drug-likeness (QED) is 0.0815. The summed E-state index contributed by atoms with van der Waals surface area (Å²) >= 11 is 0. The Hall–Kier alpha value is -5.36. The third-order valence-corrected chi connectivity index (χ3v) is 10.3. The van der Waals surface area contributed by atoms with Crippen LogP contribution in [0.2, 0.25) is 0 Å². The number of unbranched alkanes of at least 4 members (excludes halogenated alkanes) is 1. The van der Waals surface area contributed by atoms with Crippen molar-refractivity contribution >= 4 is 23.0 Å². The van der Waals surface area contributed by atoms with Gasteiger partial charge in [0.2, 0.25) is 5.91 Å². The van der Waals surface area contributed by atoms with Crippen molar-refractivity contribution in [2.45, 2.75) is 78.3 Å². The number of nitrogens with one attached hydrogen (secondary N) is 4. The number of carbonyl (C=O) groups is 2. The number of aromatic amines is 2. The highest BCUT2D eigenvalue weighted by atomic mass is 16.6. The molecule has 1 saturated heterocycles. The summed E-state index contributed by atoms with van der Waals surface area (Å²) in [5, 5.41) is 6.24. The van der Waals surface area contributed by atoms with E-state index in [-0.39, 0.29) is 17.9 Å². The van der Waals surface area contributed by atoms with Crippen LogP contribution in [0, 0.1) is 11.8 Å². The van der Waals surface area contributed by atoms with Crippen LogP contribution in [0.3, 0.4) is 0 Å². The van der Waals surface area contributed by atoms with E-state index in [4.69, 9.17) is 19.2 Å². The van der Waals surface area contributed by atoms with Gasteiger partial charge in [0.05, 0.1) is 36.1 Å². The fourth-order valence-corrected chi connectivity index (χ4v) is 7.18. The molecule has 54 heavy (non-hydrogen) atoms. The number of alkyl carbamates (subject to hydrolysis) is 1. The van der Waals surface area contributed by atoms with Crippen molar-refractivity contribution < 1.29 is 23.8 Å². The highest BCUT2D eigenvalue weighted by Crippen LogP contribution is 2.48. The molecule has 2 aliphatic heterocycles. The predicted octanol–water partition coefficient (Wildman–Crippen LogP) is 8.52. The van der Waals surface area contributed by atoms with Crippen LogP contribution in [0.25, 0.3) is 33.4 Å². The molecule has 7 rings (SSSR count). The summed E-state index contributed by atoms with van der Waals surface area (Å²) in [6.07, 6.45) is 7.22. The Morgan fingerprint density at radius 1 is 0.907 bits per heavy atom. The smallest absolute Gasteiger partial charge is 0.407 e. The number of carbonyl (C=O) groups excluding carboxylic acids is 2. The SMILES string of the molecule is COC(=O)NC(C(=O)N1CCCC1c1nc2ccc(-c3ccc4c(c3)Oc3cc(-c5cnc(CCCCNCCC(C)C)[nH]5)ccc3O4)cc2[nH]1)C(C)C. The lowest BCUT2D eigenvalue weighted by atomic mass is 10.0. The summed E-state index contributed by atoms with van der Waals surface area (Å²) in [4.78, 5) is 43.9. The Balaban J connectivity index is 1.02. The normalized spacial score (nSPS) is 15.5. The van der Waals surface area contributed by atoms with Crippen LogP contribution < -0.4 is 20.1 Å². The Kier molecular flexibility index (Phi) is 11.2. The standard InChI is InChI=1S/C42H51N7O5/c1-25(2)17-19-43-18-7-6-10-38-44-24-32(45-38)29-13-16-35-37(23-29)54-36-22-28(12-15-34(36)53-35)27-11-14-30-31(21-27)47-40(46-30)33-9-8-20-49(33)41(50)39(26(3)4)48-42(51)52-5/h11-16,21-26,33,39,43H,6-10,17-20H2,1-5H3,(H,44,45)(H,46,47)(H,48,51). The van der Waals surface area contributed by atoms with E-state index in [9.17, 15) is 9.59 Å². The van der Waals surface area contributed by atoms with Crippen LogP contribution in [0.5, 0.6) is 23.0 Å². The molecule has 3 aromatic carbocycles. The monoisotopic (exact) mass is 733 g/mol. The van der Waals surface area contributed by atoms with Gasteiger partial charge in [0, 0.05) is 18.5 Å². The minimum Gasteiger partial charge on any atom is -0.453 e. The summed E-state index contributed by atoms with van der Waals surface area (Å²) in [5.74, 6) is 4.80. The molecule has 0 aliphatic carbocycles. The van der Waals surface area contributed by atoms with Crippen LogP contribution in [0.15, 0.2) is 60.8 Å². The maximum Gasteiger partial charge on any atom is 0.407 e. The molecule has 2 aliphatic rings. The predicted molar refractivity (Wildman–Crippen MR) is 209 cm³/mol. The minimum atomic E-state index is -0.687. The fourth-order valence-electron chi connectivity index (χ4n) is 7.18. The highest BCUT2D eigenvalue weighted by molar-refractivity contribution is 5.87. The molecule has 0 bridgehead atoms. The maximum atomic E-state index is 13.6. The van der Waals surface area contributed by atoms with Crippen molar-refractivity contribution in [3.8, 4) is 45.4 Å². The van der Waals surface area contributed by atoms with Gasteiger partial charge in [0.1, 0.15) is 17.7 Å². The van der Waals surface area contributed by atoms with Gasteiger partial charge in [-0.3, -0.25) is 4.79 Å². The van der Waals surface area contributed by atoms with Crippen molar-refractivity contribution in [1.29, 1.82) is 0 Å². The second-order valence-electron chi connectivity index (χ2n) is 15.1. The van der Waals surface area contributed by atoms with Crippen molar-refractivity contribution in [2.75, 3.05) is 26.7 Å². The first kappa shape index (κ1) is 37.0. The van der Waals surface area contributed by atoms with E-state index >= 15 is 0 Å². The number of aryl methyl sites for hydroxylation is 1. The van der Waals surface area contributed by atoms with E-state index in [1.54, 1.807) is 0 Å². The summed E-state index contributed by atoms with van der Waals surface area (Å²) < 4.78 is 17.5. The lowest BCUT2D eigenvalue weighted by Gasteiger charge is -2.29. The molecular formula is C42H51N7O5. The van der Waals surface area contributed by atoms with Crippen molar-refractivity contribution in [2.24, 2.45) is 11.8 Å². The van der Waals surface area contributed by atoms with Gasteiger partial charge in [-0.05, 0) is 111 Å². The summed E-state index contributed by atoms with van der Waals surface area (Å²) in [6.45, 7) is 11.0. The number of imidazole rings is 2. The Bertz CT molecular complexity index is 2100. The van der Waals surface area contributed by atoms with Crippen LogP contribution >= 0.6 is 0 Å². The van der Waals surface area contributed by atoms with E-state index in [1.807, 2.05) is 73.5 Å². The first-order valence-electron chi connectivity index (χ1n) is 19.2. The molecule has 0 saturated carbocycles. The molecule has 284 valence electrons. The first-order chi connectivity index (χ1) is 26.2. The van der Waals surface area contributed by atoms with Crippen molar-refractivity contribution in [3.63, 3.8) is 0 Å². The molecule has 12 nitrogen and oxygen atoms in total. The molecule has 2 amide bonds. The van der Waals surface area contributed by atoms with E-state index < -0.39 is 12.1 Å². The Labute approximate surface area is 316 Å². The molecule has 0 spiro atoms. The lowest BCUT2D eigenvalue weighted by Crippen LogP contribution is -2.51. The molecule has 2 unspecified atom stereocenters. The first-order valence-corrected chi connectivity index (χ1v) is 19.2. The molecular weight excluding hydrogens is 683 g/mol. The van der Waals surface area contributed by atoms with Gasteiger partial charge in [0.15, 0.2) is 23.0 Å². The number of fused-ring (bicyclic) bond motifs is 3. The van der Waals surface area contributed by atoms with Crippen molar-refractivity contribution in [3.05, 3.63) is 72.4 Å². The highest BCUT2D eigenvalue weighted by Gasteiger charge is 2.37. The van der Waals surface area contributed by atoms with E-state index in [2.05, 4.69) is 45.5 Å². The van der Waals surface area contributed by atoms with Crippen LogP contribution in [-0.2, 0) is 16.0 Å². The molecule has 0 radical (unpaired) electrons. The Morgan fingerprint density at radius 2 is 1.63 bits per heavy atom. The number of ether oxygens (including phenoxy) is 3. The average Bonchev–Trinajstić information content (AvgIpc) is 3.94. The zero-order chi connectivity index (χ0) is 37.8. The zero-order valence-electron chi connectivity index (χ0n) is 31.8. The van der Waals surface area contributed by atoms with E-state index in [0.717, 1.165) is 96.2 Å². The number of rotatable bonds is 14. The van der Waals surface area contributed by atoms with Gasteiger partial charge < -0.3 is 39.7 Å². The third-order valence-electron chi connectivity index (χ3n) is 10.3. The molecule has 2 atom stereocenters. The second kappa shape index (κ2) is 16.3.